The Kier molecular flexibility index (Phi) is 2.38. The molecule has 0 aliphatic carbocycles. The van der Waals surface area contributed by atoms with E-state index in [0.29, 0.717) is 5.15 Å². The molecule has 0 spiro atoms. The predicted octanol–water partition coefficient (Wildman–Crippen LogP) is 4.16. The molecule has 0 aliphatic rings. The lowest BCUT2D eigenvalue weighted by molar-refractivity contribution is 1.33. The minimum Gasteiger partial charge on any atom is -0.236 e. The van der Waals surface area contributed by atoms with Crippen molar-refractivity contribution in [1.29, 1.82) is 0 Å². The summed E-state index contributed by atoms with van der Waals surface area (Å²) in [7, 11) is 0. The summed E-state index contributed by atoms with van der Waals surface area (Å²) in [6.45, 7) is 4.02. The van der Waals surface area contributed by atoms with Crippen LogP contribution in [0.3, 0.4) is 0 Å². The van der Waals surface area contributed by atoms with E-state index in [-0.39, 0.29) is 0 Å². The van der Waals surface area contributed by atoms with Crippen LogP contribution in [0.2, 0.25) is 10.2 Å². The van der Waals surface area contributed by atoms with E-state index in [1.165, 1.54) is 0 Å². The van der Waals surface area contributed by atoms with Crippen molar-refractivity contribution in [2.75, 3.05) is 0 Å². The maximum atomic E-state index is 6.20. The van der Waals surface area contributed by atoms with Gasteiger partial charge in [0.1, 0.15) is 5.15 Å². The van der Waals surface area contributed by atoms with Gasteiger partial charge in [-0.1, -0.05) is 23.2 Å². The summed E-state index contributed by atoms with van der Waals surface area (Å²) in [4.78, 5) is 4.22. The molecule has 1 nitrogen and oxygen atoms in total. The number of hydrogen-bond acceptors (Lipinski definition) is 1. The third kappa shape index (κ3) is 1.47. The molecule has 0 unspecified atom stereocenters. The SMILES string of the molecule is Cc1cc2nc(Cl)ccc2c(Cl)c1C. The first-order chi connectivity index (χ1) is 6.59. The van der Waals surface area contributed by atoms with Gasteiger partial charge in [0.15, 0.2) is 0 Å². The zero-order valence-electron chi connectivity index (χ0n) is 7.94. The average Bonchev–Trinajstić information content (AvgIpc) is 2.14. The molecule has 0 aliphatic heterocycles. The minimum absolute atomic E-state index is 0.497. The first-order valence-corrected chi connectivity index (χ1v) is 5.07. The van der Waals surface area contributed by atoms with Gasteiger partial charge in [0.25, 0.3) is 0 Å². The number of aryl methyl sites for hydroxylation is 1. The number of aromatic nitrogens is 1. The van der Waals surface area contributed by atoms with Crippen LogP contribution in [0.1, 0.15) is 11.1 Å². The van der Waals surface area contributed by atoms with Crippen molar-refractivity contribution in [2.45, 2.75) is 13.8 Å². The highest BCUT2D eigenvalue weighted by molar-refractivity contribution is 6.36. The summed E-state index contributed by atoms with van der Waals surface area (Å²) >= 11 is 12.0. The van der Waals surface area contributed by atoms with Gasteiger partial charge in [-0.05, 0) is 43.2 Å². The molecule has 1 aromatic carbocycles. The molecule has 72 valence electrons. The largest absolute Gasteiger partial charge is 0.236 e. The number of pyridine rings is 1. The van der Waals surface area contributed by atoms with Crippen LogP contribution in [0.15, 0.2) is 18.2 Å². The Bertz CT molecular complexity index is 506. The van der Waals surface area contributed by atoms with Crippen molar-refractivity contribution in [3.63, 3.8) is 0 Å². The number of benzene rings is 1. The maximum absolute atomic E-state index is 6.20. The number of hydrogen-bond donors (Lipinski definition) is 0. The zero-order valence-corrected chi connectivity index (χ0v) is 9.45. The van der Waals surface area contributed by atoms with E-state index in [1.54, 1.807) is 6.07 Å². The number of nitrogens with zero attached hydrogens (tertiary/aromatic N) is 1. The smallest absolute Gasteiger partial charge is 0.129 e. The molecule has 2 rings (SSSR count). The van der Waals surface area contributed by atoms with E-state index in [9.17, 15) is 0 Å². The molecule has 0 radical (unpaired) electrons. The Hall–Kier alpha value is -0.790. The third-order valence-electron chi connectivity index (χ3n) is 2.40. The molecule has 14 heavy (non-hydrogen) atoms. The van der Waals surface area contributed by atoms with Crippen LogP contribution in [0.4, 0.5) is 0 Å². The molecule has 0 atom stereocenters. The first kappa shape index (κ1) is 9.75. The standard InChI is InChI=1S/C11H9Cl2N/c1-6-5-9-8(11(13)7(6)2)3-4-10(12)14-9/h3-5H,1-2H3. The molecular weight excluding hydrogens is 217 g/mol. The van der Waals surface area contributed by atoms with Gasteiger partial charge in [0.05, 0.1) is 10.5 Å². The molecule has 0 N–H and O–H groups in total. The van der Waals surface area contributed by atoms with Crippen LogP contribution in [0.25, 0.3) is 10.9 Å². The summed E-state index contributed by atoms with van der Waals surface area (Å²) in [5.74, 6) is 0. The molecule has 0 saturated carbocycles. The van der Waals surface area contributed by atoms with Crippen molar-refractivity contribution in [3.05, 3.63) is 39.5 Å². The van der Waals surface area contributed by atoms with Crippen molar-refractivity contribution < 1.29 is 0 Å². The quantitative estimate of drug-likeness (QED) is 0.614. The Balaban J connectivity index is 2.91. The number of rotatable bonds is 0. The molecule has 3 heteroatoms. The Morgan fingerprint density at radius 2 is 1.86 bits per heavy atom. The zero-order chi connectivity index (χ0) is 10.3. The van der Waals surface area contributed by atoms with Gasteiger partial charge in [-0.3, -0.25) is 0 Å². The molecule has 2 aromatic rings. The monoisotopic (exact) mass is 225 g/mol. The topological polar surface area (TPSA) is 12.9 Å². The molecule has 1 aromatic heterocycles. The van der Waals surface area contributed by atoms with E-state index in [1.807, 2.05) is 26.0 Å². The molecule has 0 fully saturated rings. The Morgan fingerprint density at radius 3 is 2.57 bits per heavy atom. The summed E-state index contributed by atoms with van der Waals surface area (Å²) in [6.07, 6.45) is 0. The van der Waals surface area contributed by atoms with E-state index < -0.39 is 0 Å². The molecular formula is C11H9Cl2N. The number of fused-ring (bicyclic) bond motifs is 1. The Labute approximate surface area is 92.7 Å². The number of halogens is 2. The van der Waals surface area contributed by atoms with Gasteiger partial charge in [0.2, 0.25) is 0 Å². The van der Waals surface area contributed by atoms with Gasteiger partial charge < -0.3 is 0 Å². The fraction of sp³-hybridized carbons (Fsp3) is 0.182. The lowest BCUT2D eigenvalue weighted by Gasteiger charge is -2.06. The molecule has 1 heterocycles. The van der Waals surface area contributed by atoms with Crippen LogP contribution in [-0.4, -0.2) is 4.98 Å². The summed E-state index contributed by atoms with van der Waals surface area (Å²) in [5.41, 5.74) is 3.09. The molecule has 0 saturated heterocycles. The normalized spacial score (nSPS) is 10.9. The summed E-state index contributed by atoms with van der Waals surface area (Å²) in [6, 6.07) is 5.66. The molecule has 0 amide bonds. The third-order valence-corrected chi connectivity index (χ3v) is 3.10. The van der Waals surface area contributed by atoms with Crippen LogP contribution in [-0.2, 0) is 0 Å². The van der Waals surface area contributed by atoms with E-state index >= 15 is 0 Å². The predicted molar refractivity (Wildman–Crippen MR) is 61.2 cm³/mol. The van der Waals surface area contributed by atoms with Gasteiger partial charge in [0, 0.05) is 5.39 Å². The second-order valence-corrected chi connectivity index (χ2v) is 4.10. The van der Waals surface area contributed by atoms with Crippen molar-refractivity contribution >= 4 is 34.1 Å². The van der Waals surface area contributed by atoms with Crippen LogP contribution in [0, 0.1) is 13.8 Å². The Morgan fingerprint density at radius 1 is 1.14 bits per heavy atom. The van der Waals surface area contributed by atoms with E-state index in [4.69, 9.17) is 23.2 Å². The van der Waals surface area contributed by atoms with Crippen molar-refractivity contribution in [1.82, 2.24) is 4.98 Å². The lowest BCUT2D eigenvalue weighted by atomic mass is 10.1. The van der Waals surface area contributed by atoms with Gasteiger partial charge in [-0.25, -0.2) is 4.98 Å². The fourth-order valence-corrected chi connectivity index (χ4v) is 1.90. The van der Waals surface area contributed by atoms with Gasteiger partial charge >= 0.3 is 0 Å². The van der Waals surface area contributed by atoms with E-state index in [2.05, 4.69) is 4.98 Å². The van der Waals surface area contributed by atoms with Crippen LogP contribution < -0.4 is 0 Å². The molecule has 0 bridgehead atoms. The summed E-state index contributed by atoms with van der Waals surface area (Å²) < 4.78 is 0. The minimum atomic E-state index is 0.497. The maximum Gasteiger partial charge on any atom is 0.129 e. The second kappa shape index (κ2) is 3.41. The highest BCUT2D eigenvalue weighted by Crippen LogP contribution is 2.29. The fourth-order valence-electron chi connectivity index (χ4n) is 1.43. The van der Waals surface area contributed by atoms with Gasteiger partial charge in [-0.15, -0.1) is 0 Å². The van der Waals surface area contributed by atoms with E-state index in [0.717, 1.165) is 27.1 Å². The van der Waals surface area contributed by atoms with Crippen molar-refractivity contribution in [2.24, 2.45) is 0 Å². The second-order valence-electron chi connectivity index (χ2n) is 3.33. The first-order valence-electron chi connectivity index (χ1n) is 4.31. The summed E-state index contributed by atoms with van der Waals surface area (Å²) in [5, 5.41) is 2.22. The lowest BCUT2D eigenvalue weighted by Crippen LogP contribution is -1.87. The highest BCUT2D eigenvalue weighted by atomic mass is 35.5. The van der Waals surface area contributed by atoms with Crippen molar-refractivity contribution in [3.8, 4) is 0 Å². The highest BCUT2D eigenvalue weighted by Gasteiger charge is 2.06. The average molecular weight is 226 g/mol. The van der Waals surface area contributed by atoms with Gasteiger partial charge in [-0.2, -0.15) is 0 Å². The van der Waals surface area contributed by atoms with Crippen LogP contribution in [0.5, 0.6) is 0 Å². The van der Waals surface area contributed by atoms with Crippen LogP contribution >= 0.6 is 23.2 Å².